The quantitative estimate of drug-likeness (QED) is 0.676. The fraction of sp³-hybridized carbons (Fsp3) is 0.643. The van der Waals surface area contributed by atoms with E-state index in [1.165, 1.54) is 12.8 Å². The molecule has 6 heteroatoms. The molecule has 20 heavy (non-hydrogen) atoms. The zero-order valence-electron chi connectivity index (χ0n) is 11.5. The Morgan fingerprint density at radius 1 is 1.45 bits per heavy atom. The first kappa shape index (κ1) is 13.3. The van der Waals surface area contributed by atoms with E-state index in [0.717, 1.165) is 19.4 Å². The van der Waals surface area contributed by atoms with E-state index in [-0.39, 0.29) is 16.7 Å². The zero-order valence-corrected chi connectivity index (χ0v) is 11.5. The summed E-state index contributed by atoms with van der Waals surface area (Å²) >= 11 is 0. The van der Waals surface area contributed by atoms with Gasteiger partial charge >= 0.3 is 5.69 Å². The molecule has 1 saturated heterocycles. The van der Waals surface area contributed by atoms with Gasteiger partial charge in [0, 0.05) is 24.4 Å². The van der Waals surface area contributed by atoms with Crippen LogP contribution in [0.25, 0.3) is 0 Å². The van der Waals surface area contributed by atoms with Crippen LogP contribution >= 0.6 is 0 Å². The summed E-state index contributed by atoms with van der Waals surface area (Å²) in [6.07, 6.45) is 6.21. The van der Waals surface area contributed by atoms with Crippen molar-refractivity contribution in [3.63, 3.8) is 0 Å². The second kappa shape index (κ2) is 5.36. The molecule has 1 saturated carbocycles. The van der Waals surface area contributed by atoms with Gasteiger partial charge in [-0.2, -0.15) is 0 Å². The van der Waals surface area contributed by atoms with Gasteiger partial charge in [0.2, 0.25) is 5.82 Å². The first-order valence-corrected chi connectivity index (χ1v) is 7.13. The highest BCUT2D eigenvalue weighted by Gasteiger charge is 2.36. The van der Waals surface area contributed by atoms with Crippen LogP contribution in [0, 0.1) is 23.0 Å². The van der Waals surface area contributed by atoms with Gasteiger partial charge < -0.3 is 10.1 Å². The third kappa shape index (κ3) is 2.75. The topological polar surface area (TPSA) is 77.3 Å². The van der Waals surface area contributed by atoms with Gasteiger partial charge in [-0.1, -0.05) is 0 Å². The molecule has 0 bridgehead atoms. The predicted molar refractivity (Wildman–Crippen MR) is 74.7 cm³/mol. The van der Waals surface area contributed by atoms with Gasteiger partial charge in [-0.15, -0.1) is 0 Å². The van der Waals surface area contributed by atoms with Crippen molar-refractivity contribution in [1.29, 1.82) is 0 Å². The highest BCUT2D eigenvalue weighted by molar-refractivity contribution is 5.60. The summed E-state index contributed by atoms with van der Waals surface area (Å²) in [6, 6.07) is 1.88. The summed E-state index contributed by atoms with van der Waals surface area (Å²) in [5.74, 6) is 1.08. The molecular weight excluding hydrogens is 258 g/mol. The number of pyridine rings is 1. The zero-order chi connectivity index (χ0) is 14.1. The molecule has 108 valence electrons. The number of nitrogens with zero attached hydrogens (tertiary/aromatic N) is 2. The lowest BCUT2D eigenvalue weighted by Gasteiger charge is -2.30. The average Bonchev–Trinajstić information content (AvgIpc) is 3.23. The Kier molecular flexibility index (Phi) is 3.56. The van der Waals surface area contributed by atoms with Crippen LogP contribution < -0.4 is 5.32 Å². The lowest BCUT2D eigenvalue weighted by Crippen LogP contribution is -2.35. The Morgan fingerprint density at radius 2 is 2.25 bits per heavy atom. The summed E-state index contributed by atoms with van der Waals surface area (Å²) in [5.41, 5.74) is 0.722. The van der Waals surface area contributed by atoms with Crippen molar-refractivity contribution in [1.82, 2.24) is 4.98 Å². The number of nitrogens with one attached hydrogen (secondary N) is 1. The van der Waals surface area contributed by atoms with E-state index in [1.807, 2.05) is 0 Å². The molecule has 1 aromatic rings. The second-order valence-corrected chi connectivity index (χ2v) is 5.69. The van der Waals surface area contributed by atoms with Crippen molar-refractivity contribution in [2.24, 2.45) is 5.92 Å². The van der Waals surface area contributed by atoms with E-state index in [9.17, 15) is 10.1 Å². The van der Waals surface area contributed by atoms with Gasteiger partial charge in [0.05, 0.1) is 11.0 Å². The molecule has 0 aromatic carbocycles. The summed E-state index contributed by atoms with van der Waals surface area (Å²) in [6.45, 7) is 2.46. The number of aryl methyl sites for hydroxylation is 1. The van der Waals surface area contributed by atoms with E-state index in [4.69, 9.17) is 4.74 Å². The minimum absolute atomic E-state index is 0.0852. The van der Waals surface area contributed by atoms with Crippen LogP contribution in [0.3, 0.4) is 0 Å². The van der Waals surface area contributed by atoms with Gasteiger partial charge in [-0.05, 0) is 44.6 Å². The largest absolute Gasteiger partial charge is 0.378 e. The molecule has 6 nitrogen and oxygen atoms in total. The monoisotopic (exact) mass is 277 g/mol. The van der Waals surface area contributed by atoms with Crippen molar-refractivity contribution in [2.75, 3.05) is 11.9 Å². The van der Waals surface area contributed by atoms with Crippen LogP contribution in [0.15, 0.2) is 12.3 Å². The van der Waals surface area contributed by atoms with E-state index in [0.29, 0.717) is 23.4 Å². The molecule has 2 unspecified atom stereocenters. The number of hydrogen-bond acceptors (Lipinski definition) is 5. The smallest absolute Gasteiger partial charge is 0.314 e. The van der Waals surface area contributed by atoms with E-state index in [1.54, 1.807) is 19.2 Å². The molecule has 1 aliphatic carbocycles. The van der Waals surface area contributed by atoms with E-state index >= 15 is 0 Å². The minimum atomic E-state index is -0.359. The normalized spacial score (nSPS) is 26.2. The molecule has 2 fully saturated rings. The standard InChI is InChI=1S/C14H19N3O3/c1-9-4-6-15-14(13(9)17(18)19)16-11-5-7-20-12(8-11)10-2-3-10/h4,6,10-12H,2-3,5,7-8H2,1H3,(H,15,16). The second-order valence-electron chi connectivity index (χ2n) is 5.69. The highest BCUT2D eigenvalue weighted by Crippen LogP contribution is 2.39. The summed E-state index contributed by atoms with van der Waals surface area (Å²) in [7, 11) is 0. The average molecular weight is 277 g/mol. The summed E-state index contributed by atoms with van der Waals surface area (Å²) < 4.78 is 5.78. The first-order chi connectivity index (χ1) is 9.65. The number of hydrogen-bond donors (Lipinski definition) is 1. The van der Waals surface area contributed by atoms with Crippen LogP contribution in [0.5, 0.6) is 0 Å². The van der Waals surface area contributed by atoms with E-state index < -0.39 is 0 Å². The number of aromatic nitrogens is 1. The molecule has 0 amide bonds. The van der Waals surface area contributed by atoms with Crippen molar-refractivity contribution >= 4 is 11.5 Å². The number of anilines is 1. The van der Waals surface area contributed by atoms with Crippen LogP contribution in [0.1, 0.15) is 31.2 Å². The van der Waals surface area contributed by atoms with Gasteiger partial charge in [-0.3, -0.25) is 10.1 Å². The molecule has 2 atom stereocenters. The Balaban J connectivity index is 1.73. The molecular formula is C14H19N3O3. The van der Waals surface area contributed by atoms with Crippen LogP contribution in [-0.4, -0.2) is 28.7 Å². The Hall–Kier alpha value is -1.69. The predicted octanol–water partition coefficient (Wildman–Crippen LogP) is 2.67. The molecule has 1 aromatic heterocycles. The SMILES string of the molecule is Cc1ccnc(NC2CCOC(C3CC3)C2)c1[N+](=O)[O-]. The third-order valence-electron chi connectivity index (χ3n) is 4.11. The summed E-state index contributed by atoms with van der Waals surface area (Å²) in [4.78, 5) is 15.0. The highest BCUT2D eigenvalue weighted by atomic mass is 16.6. The maximum atomic E-state index is 11.2. The molecule has 0 radical (unpaired) electrons. The third-order valence-corrected chi connectivity index (χ3v) is 4.11. The molecule has 2 aliphatic rings. The van der Waals surface area contributed by atoms with Gasteiger partial charge in [-0.25, -0.2) is 4.98 Å². The molecule has 0 spiro atoms. The Bertz CT molecular complexity index is 516. The Morgan fingerprint density at radius 3 is 2.95 bits per heavy atom. The first-order valence-electron chi connectivity index (χ1n) is 7.13. The van der Waals surface area contributed by atoms with Crippen molar-refractivity contribution in [2.45, 2.75) is 44.8 Å². The maximum Gasteiger partial charge on any atom is 0.314 e. The van der Waals surface area contributed by atoms with Crippen LogP contribution in [0.4, 0.5) is 11.5 Å². The van der Waals surface area contributed by atoms with Crippen molar-refractivity contribution in [3.05, 3.63) is 27.9 Å². The van der Waals surface area contributed by atoms with Crippen LogP contribution in [-0.2, 0) is 4.74 Å². The Labute approximate surface area is 117 Å². The summed E-state index contributed by atoms with van der Waals surface area (Å²) in [5, 5.41) is 14.4. The molecule has 1 aliphatic heterocycles. The lowest BCUT2D eigenvalue weighted by atomic mass is 10.00. The van der Waals surface area contributed by atoms with Crippen LogP contribution in [0.2, 0.25) is 0 Å². The maximum absolute atomic E-state index is 11.2. The van der Waals surface area contributed by atoms with Crippen molar-refractivity contribution in [3.8, 4) is 0 Å². The number of rotatable bonds is 4. The fourth-order valence-corrected chi connectivity index (χ4v) is 2.84. The fourth-order valence-electron chi connectivity index (χ4n) is 2.84. The molecule has 2 heterocycles. The minimum Gasteiger partial charge on any atom is -0.378 e. The molecule has 3 rings (SSSR count). The van der Waals surface area contributed by atoms with E-state index in [2.05, 4.69) is 10.3 Å². The molecule has 1 N–H and O–H groups in total. The van der Waals surface area contributed by atoms with Crippen molar-refractivity contribution < 1.29 is 9.66 Å². The van der Waals surface area contributed by atoms with Gasteiger partial charge in [0.1, 0.15) is 0 Å². The number of ether oxygens (including phenoxy) is 1. The van der Waals surface area contributed by atoms with Gasteiger partial charge in [0.25, 0.3) is 0 Å². The lowest BCUT2D eigenvalue weighted by molar-refractivity contribution is -0.384. The number of nitro groups is 1. The van der Waals surface area contributed by atoms with Gasteiger partial charge in [0.15, 0.2) is 0 Å².